The summed E-state index contributed by atoms with van der Waals surface area (Å²) in [5, 5.41) is 22.2. The lowest BCUT2D eigenvalue weighted by atomic mass is 9.90. The van der Waals surface area contributed by atoms with Crippen LogP contribution in [0.1, 0.15) is 18.9 Å². The Hall–Kier alpha value is -1.88. The topological polar surface area (TPSA) is 73.1 Å². The highest BCUT2D eigenvalue weighted by Crippen LogP contribution is 2.41. The number of likely N-dealkylation sites (N-methyl/N-ethyl adjacent to an activating group) is 1. The van der Waals surface area contributed by atoms with Gasteiger partial charge >= 0.3 is 0 Å². The van der Waals surface area contributed by atoms with Crippen LogP contribution in [0.4, 0.5) is 5.69 Å². The van der Waals surface area contributed by atoms with Crippen molar-refractivity contribution in [3.05, 3.63) is 29.8 Å². The number of aliphatic hydroxyl groups is 1. The van der Waals surface area contributed by atoms with Crippen LogP contribution >= 0.6 is 0 Å². The van der Waals surface area contributed by atoms with Gasteiger partial charge in [0.1, 0.15) is 0 Å². The first-order chi connectivity index (χ1) is 8.00. The first-order valence-corrected chi connectivity index (χ1v) is 5.28. The molecule has 1 atom stereocenters. The number of hydrogen-bond acceptors (Lipinski definition) is 4. The molecule has 0 aliphatic carbocycles. The van der Waals surface area contributed by atoms with Gasteiger partial charge in [-0.1, -0.05) is 23.4 Å². The van der Waals surface area contributed by atoms with Crippen LogP contribution in [0.2, 0.25) is 0 Å². The maximum absolute atomic E-state index is 12.1. The van der Waals surface area contributed by atoms with E-state index in [1.807, 2.05) is 0 Å². The van der Waals surface area contributed by atoms with Crippen molar-refractivity contribution in [2.75, 3.05) is 11.9 Å². The monoisotopic (exact) mass is 234 g/mol. The molecule has 0 saturated carbocycles. The number of anilines is 1. The van der Waals surface area contributed by atoms with Crippen LogP contribution in [-0.2, 0) is 10.4 Å². The molecular formula is C12H14N2O3. The van der Waals surface area contributed by atoms with Crippen molar-refractivity contribution < 1.29 is 15.1 Å². The van der Waals surface area contributed by atoms with E-state index in [4.69, 9.17) is 5.21 Å². The maximum atomic E-state index is 12.1. The summed E-state index contributed by atoms with van der Waals surface area (Å²) in [6.07, 6.45) is -0.0102. The quantitative estimate of drug-likeness (QED) is 0.457. The van der Waals surface area contributed by atoms with Crippen LogP contribution in [-0.4, -0.2) is 29.0 Å². The Labute approximate surface area is 99.0 Å². The van der Waals surface area contributed by atoms with E-state index in [1.54, 1.807) is 38.2 Å². The third-order valence-electron chi connectivity index (χ3n) is 3.05. The van der Waals surface area contributed by atoms with Gasteiger partial charge in [-0.2, -0.15) is 0 Å². The smallest absolute Gasteiger partial charge is 0.263 e. The Morgan fingerprint density at radius 2 is 2.12 bits per heavy atom. The van der Waals surface area contributed by atoms with Crippen molar-refractivity contribution in [2.24, 2.45) is 5.16 Å². The zero-order valence-corrected chi connectivity index (χ0v) is 9.71. The largest absolute Gasteiger partial charge is 0.411 e. The van der Waals surface area contributed by atoms with E-state index >= 15 is 0 Å². The van der Waals surface area contributed by atoms with E-state index < -0.39 is 11.5 Å². The van der Waals surface area contributed by atoms with Gasteiger partial charge in [0.25, 0.3) is 5.91 Å². The van der Waals surface area contributed by atoms with E-state index in [-0.39, 0.29) is 6.42 Å². The number of para-hydroxylation sites is 1. The Balaban J connectivity index is 2.52. The summed E-state index contributed by atoms with van der Waals surface area (Å²) in [7, 11) is 1.62. The highest BCUT2D eigenvalue weighted by molar-refractivity contribution is 6.08. The zero-order valence-electron chi connectivity index (χ0n) is 9.71. The van der Waals surface area contributed by atoms with Crippen LogP contribution in [0.5, 0.6) is 0 Å². The average molecular weight is 234 g/mol. The third kappa shape index (κ3) is 1.59. The number of benzene rings is 1. The number of nitrogens with zero attached hydrogens (tertiary/aromatic N) is 2. The molecule has 1 aromatic rings. The number of rotatable bonds is 2. The van der Waals surface area contributed by atoms with Crippen molar-refractivity contribution >= 4 is 17.3 Å². The summed E-state index contributed by atoms with van der Waals surface area (Å²) < 4.78 is 0. The Bertz CT molecular complexity index is 498. The molecule has 0 fully saturated rings. The molecule has 5 heteroatoms. The maximum Gasteiger partial charge on any atom is 0.263 e. The minimum atomic E-state index is -1.62. The van der Waals surface area contributed by atoms with Crippen LogP contribution < -0.4 is 4.90 Å². The van der Waals surface area contributed by atoms with Gasteiger partial charge in [-0.15, -0.1) is 0 Å². The summed E-state index contributed by atoms with van der Waals surface area (Å²) >= 11 is 0. The van der Waals surface area contributed by atoms with Crippen LogP contribution in [0.15, 0.2) is 29.4 Å². The normalized spacial score (nSPS) is 24.1. The van der Waals surface area contributed by atoms with E-state index in [2.05, 4.69) is 5.16 Å². The fourth-order valence-electron chi connectivity index (χ4n) is 2.19. The van der Waals surface area contributed by atoms with Crippen molar-refractivity contribution in [3.8, 4) is 0 Å². The minimum Gasteiger partial charge on any atom is -0.411 e. The standard InChI is InChI=1S/C12H14N2O3/c1-8(13-17)7-12(16)9-5-3-4-6-10(9)14(2)11(12)15/h3-6,16-17H,7H2,1-2H3/b13-8-/t12-/m1/s1. The first-order valence-electron chi connectivity index (χ1n) is 5.28. The lowest BCUT2D eigenvalue weighted by molar-refractivity contribution is -0.135. The van der Waals surface area contributed by atoms with Gasteiger partial charge in [0.2, 0.25) is 0 Å². The van der Waals surface area contributed by atoms with Crippen molar-refractivity contribution in [1.29, 1.82) is 0 Å². The molecule has 2 N–H and O–H groups in total. The highest BCUT2D eigenvalue weighted by atomic mass is 16.4. The van der Waals surface area contributed by atoms with Crippen LogP contribution in [0.3, 0.4) is 0 Å². The molecule has 0 aromatic heterocycles. The van der Waals surface area contributed by atoms with Crippen molar-refractivity contribution in [3.63, 3.8) is 0 Å². The lowest BCUT2D eigenvalue weighted by Crippen LogP contribution is -2.39. The predicted molar refractivity (Wildman–Crippen MR) is 63.3 cm³/mol. The molecule has 2 rings (SSSR count). The molecular weight excluding hydrogens is 220 g/mol. The number of hydrogen-bond donors (Lipinski definition) is 2. The minimum absolute atomic E-state index is 0.0102. The molecule has 0 spiro atoms. The average Bonchev–Trinajstić information content (AvgIpc) is 2.53. The van der Waals surface area contributed by atoms with Gasteiger partial charge in [-0.05, 0) is 13.0 Å². The van der Waals surface area contributed by atoms with E-state index in [9.17, 15) is 9.90 Å². The number of oxime groups is 1. The molecule has 5 nitrogen and oxygen atoms in total. The Morgan fingerprint density at radius 3 is 2.76 bits per heavy atom. The van der Waals surface area contributed by atoms with E-state index in [0.717, 1.165) is 0 Å². The van der Waals surface area contributed by atoms with Gasteiger partial charge in [0.05, 0.1) is 11.4 Å². The molecule has 1 aromatic carbocycles. The number of amides is 1. The Kier molecular flexibility index (Phi) is 2.63. The van der Waals surface area contributed by atoms with E-state index in [1.165, 1.54) is 4.90 Å². The molecule has 1 aliphatic rings. The number of carbonyl (C=O) groups is 1. The molecule has 0 bridgehead atoms. The molecule has 1 amide bonds. The second-order valence-corrected chi connectivity index (χ2v) is 4.25. The van der Waals surface area contributed by atoms with Crippen LogP contribution in [0, 0.1) is 0 Å². The number of fused-ring (bicyclic) bond motifs is 1. The fraction of sp³-hybridized carbons (Fsp3) is 0.333. The fourth-order valence-corrected chi connectivity index (χ4v) is 2.19. The van der Waals surface area contributed by atoms with Gasteiger partial charge < -0.3 is 15.2 Å². The van der Waals surface area contributed by atoms with Gasteiger partial charge in [0.15, 0.2) is 5.60 Å². The summed E-state index contributed by atoms with van der Waals surface area (Å²) in [6.45, 7) is 1.56. The summed E-state index contributed by atoms with van der Waals surface area (Å²) in [4.78, 5) is 13.5. The molecule has 1 aliphatic heterocycles. The molecule has 17 heavy (non-hydrogen) atoms. The van der Waals surface area contributed by atoms with Crippen LogP contribution in [0.25, 0.3) is 0 Å². The van der Waals surface area contributed by atoms with E-state index in [0.29, 0.717) is 17.0 Å². The molecule has 90 valence electrons. The second kappa shape index (κ2) is 3.85. The molecule has 1 heterocycles. The molecule has 0 unspecified atom stereocenters. The first kappa shape index (κ1) is 11.6. The number of carbonyl (C=O) groups excluding carboxylic acids is 1. The van der Waals surface area contributed by atoms with Crippen molar-refractivity contribution in [2.45, 2.75) is 18.9 Å². The Morgan fingerprint density at radius 1 is 1.47 bits per heavy atom. The summed E-state index contributed by atoms with van der Waals surface area (Å²) in [6, 6.07) is 7.06. The van der Waals surface area contributed by atoms with Crippen molar-refractivity contribution in [1.82, 2.24) is 0 Å². The summed E-state index contributed by atoms with van der Waals surface area (Å²) in [5.41, 5.74) is -0.0750. The summed E-state index contributed by atoms with van der Waals surface area (Å²) in [5.74, 6) is -0.401. The second-order valence-electron chi connectivity index (χ2n) is 4.25. The van der Waals surface area contributed by atoms with Gasteiger partial charge in [0, 0.05) is 19.0 Å². The molecule has 0 radical (unpaired) electrons. The molecule has 0 saturated heterocycles. The predicted octanol–water partition coefficient (Wildman–Crippen LogP) is 1.09. The van der Waals surface area contributed by atoms with Gasteiger partial charge in [-0.3, -0.25) is 4.79 Å². The van der Waals surface area contributed by atoms with Gasteiger partial charge in [-0.25, -0.2) is 0 Å². The zero-order chi connectivity index (χ0) is 12.6. The highest BCUT2D eigenvalue weighted by Gasteiger charge is 2.48. The lowest BCUT2D eigenvalue weighted by Gasteiger charge is -2.21. The SMILES string of the molecule is C/C(C[C@]1(O)C(=O)N(C)c2ccccc21)=N/O. The third-order valence-corrected chi connectivity index (χ3v) is 3.05.